The SMILES string of the molecule is O=C(CN(Cc1cccnc1)C(=O)CN1C(=O)C(=O)c2ccccc21)Nc1ccc2c(c1)OCO2. The van der Waals surface area contributed by atoms with Gasteiger partial charge in [0.2, 0.25) is 18.6 Å². The minimum atomic E-state index is -0.773. The predicted molar refractivity (Wildman–Crippen MR) is 124 cm³/mol. The Kier molecular flexibility index (Phi) is 5.84. The molecule has 10 nitrogen and oxygen atoms in total. The monoisotopic (exact) mass is 472 g/mol. The number of fused-ring (bicyclic) bond motifs is 2. The van der Waals surface area contributed by atoms with E-state index in [2.05, 4.69) is 10.3 Å². The molecule has 0 unspecified atom stereocenters. The summed E-state index contributed by atoms with van der Waals surface area (Å²) in [5.41, 5.74) is 1.83. The van der Waals surface area contributed by atoms with E-state index in [4.69, 9.17) is 9.47 Å². The highest BCUT2D eigenvalue weighted by atomic mass is 16.7. The standard InChI is InChI=1S/C25H20N4O6/c30-22(27-17-7-8-20-21(10-17)35-15-34-20)13-28(12-16-4-3-9-26-11-16)23(31)14-29-19-6-2-1-5-18(19)24(32)25(29)33/h1-11H,12-15H2,(H,27,30). The number of anilines is 2. The molecule has 2 aliphatic rings. The number of ketones is 1. The molecule has 2 aliphatic heterocycles. The Hall–Kier alpha value is -4.73. The van der Waals surface area contributed by atoms with E-state index < -0.39 is 23.5 Å². The Bertz CT molecular complexity index is 1330. The molecular weight excluding hydrogens is 452 g/mol. The second kappa shape index (κ2) is 9.26. The van der Waals surface area contributed by atoms with E-state index in [-0.39, 0.29) is 32.0 Å². The molecule has 0 saturated heterocycles. The third-order valence-electron chi connectivity index (χ3n) is 5.61. The fourth-order valence-electron chi connectivity index (χ4n) is 3.93. The maximum atomic E-state index is 13.3. The van der Waals surface area contributed by atoms with Crippen molar-refractivity contribution >= 4 is 34.9 Å². The van der Waals surface area contributed by atoms with E-state index in [1.54, 1.807) is 67.0 Å². The quantitative estimate of drug-likeness (QED) is 0.523. The highest BCUT2D eigenvalue weighted by Crippen LogP contribution is 2.34. The number of carbonyl (C=O) groups is 4. The molecule has 35 heavy (non-hydrogen) atoms. The van der Waals surface area contributed by atoms with Crippen molar-refractivity contribution < 1.29 is 28.7 Å². The molecule has 0 atom stereocenters. The highest BCUT2D eigenvalue weighted by molar-refractivity contribution is 6.52. The molecule has 0 saturated carbocycles. The van der Waals surface area contributed by atoms with Gasteiger partial charge in [-0.25, -0.2) is 0 Å². The Labute approximate surface area is 200 Å². The Balaban J connectivity index is 1.33. The van der Waals surface area contributed by atoms with Crippen molar-refractivity contribution in [3.8, 4) is 11.5 Å². The molecule has 1 N–H and O–H groups in total. The normalized spacial score (nSPS) is 13.5. The number of benzene rings is 2. The summed E-state index contributed by atoms with van der Waals surface area (Å²) in [4.78, 5) is 57.5. The lowest BCUT2D eigenvalue weighted by molar-refractivity contribution is -0.134. The minimum absolute atomic E-state index is 0.0961. The van der Waals surface area contributed by atoms with Crippen molar-refractivity contribution in [3.05, 3.63) is 78.1 Å². The molecule has 0 spiro atoms. The first-order valence-electron chi connectivity index (χ1n) is 10.8. The van der Waals surface area contributed by atoms with E-state index in [0.717, 1.165) is 4.90 Å². The number of rotatable bonds is 7. The second-order valence-corrected chi connectivity index (χ2v) is 7.96. The molecule has 1 aromatic heterocycles. The molecule has 0 radical (unpaired) electrons. The summed E-state index contributed by atoms with van der Waals surface area (Å²) in [7, 11) is 0. The molecule has 3 heterocycles. The first kappa shape index (κ1) is 22.1. The molecule has 0 bridgehead atoms. The average molecular weight is 472 g/mol. The van der Waals surface area contributed by atoms with Gasteiger partial charge in [-0.3, -0.25) is 29.1 Å². The van der Waals surface area contributed by atoms with E-state index in [1.807, 2.05) is 0 Å². The number of pyridine rings is 1. The zero-order valence-corrected chi connectivity index (χ0v) is 18.5. The van der Waals surface area contributed by atoms with Crippen LogP contribution in [0.5, 0.6) is 11.5 Å². The summed E-state index contributed by atoms with van der Waals surface area (Å²) in [6, 6.07) is 15.0. The lowest BCUT2D eigenvalue weighted by Crippen LogP contribution is -2.45. The first-order chi connectivity index (χ1) is 17.0. The smallest absolute Gasteiger partial charge is 0.299 e. The number of hydrogen-bond donors (Lipinski definition) is 1. The average Bonchev–Trinajstić information content (AvgIpc) is 3.43. The summed E-state index contributed by atoms with van der Waals surface area (Å²) in [5, 5.41) is 2.75. The molecule has 176 valence electrons. The van der Waals surface area contributed by atoms with Crippen LogP contribution >= 0.6 is 0 Å². The summed E-state index contributed by atoms with van der Waals surface area (Å²) in [6.45, 7) is -0.446. The Morgan fingerprint density at radius 3 is 2.69 bits per heavy atom. The summed E-state index contributed by atoms with van der Waals surface area (Å²) in [5.74, 6) is -1.26. The highest BCUT2D eigenvalue weighted by Gasteiger charge is 2.37. The number of ether oxygens (including phenoxy) is 2. The van der Waals surface area contributed by atoms with Gasteiger partial charge in [0, 0.05) is 30.7 Å². The van der Waals surface area contributed by atoms with Gasteiger partial charge in [-0.2, -0.15) is 0 Å². The van der Waals surface area contributed by atoms with Crippen LogP contribution < -0.4 is 19.7 Å². The topological polar surface area (TPSA) is 118 Å². The maximum Gasteiger partial charge on any atom is 0.299 e. The van der Waals surface area contributed by atoms with Crippen LogP contribution in [-0.4, -0.2) is 53.3 Å². The Morgan fingerprint density at radius 2 is 1.86 bits per heavy atom. The number of nitrogens with zero attached hydrogens (tertiary/aromatic N) is 3. The van der Waals surface area contributed by atoms with Crippen LogP contribution in [0.2, 0.25) is 0 Å². The van der Waals surface area contributed by atoms with Crippen LogP contribution in [0.25, 0.3) is 0 Å². The summed E-state index contributed by atoms with van der Waals surface area (Å²) in [6.07, 6.45) is 3.20. The number of nitrogens with one attached hydrogen (secondary N) is 1. The number of para-hydroxylation sites is 1. The lowest BCUT2D eigenvalue weighted by atomic mass is 10.1. The number of Topliss-reactive ketones (excluding diaryl/α,β-unsaturated/α-hetero) is 1. The molecule has 5 rings (SSSR count). The van der Waals surface area contributed by atoms with Gasteiger partial charge in [0.1, 0.15) is 13.1 Å². The second-order valence-electron chi connectivity index (χ2n) is 7.96. The van der Waals surface area contributed by atoms with E-state index in [9.17, 15) is 19.2 Å². The molecular formula is C25H20N4O6. The van der Waals surface area contributed by atoms with Crippen LogP contribution in [-0.2, 0) is 20.9 Å². The minimum Gasteiger partial charge on any atom is -0.454 e. The summed E-state index contributed by atoms with van der Waals surface area (Å²) >= 11 is 0. The van der Waals surface area contributed by atoms with Crippen molar-refractivity contribution in [2.24, 2.45) is 0 Å². The van der Waals surface area contributed by atoms with Gasteiger partial charge < -0.3 is 19.7 Å². The molecule has 3 amide bonds. The van der Waals surface area contributed by atoms with Gasteiger partial charge in [0.05, 0.1) is 11.3 Å². The van der Waals surface area contributed by atoms with Crippen molar-refractivity contribution in [3.63, 3.8) is 0 Å². The fraction of sp³-hybridized carbons (Fsp3) is 0.160. The van der Waals surface area contributed by atoms with Crippen LogP contribution in [0, 0.1) is 0 Å². The van der Waals surface area contributed by atoms with E-state index in [0.29, 0.717) is 28.4 Å². The van der Waals surface area contributed by atoms with Gasteiger partial charge in [-0.1, -0.05) is 18.2 Å². The summed E-state index contributed by atoms with van der Waals surface area (Å²) < 4.78 is 10.6. The first-order valence-corrected chi connectivity index (χ1v) is 10.8. The van der Waals surface area contributed by atoms with Gasteiger partial charge >= 0.3 is 0 Å². The van der Waals surface area contributed by atoms with Gasteiger partial charge in [-0.05, 0) is 35.9 Å². The predicted octanol–water partition coefficient (Wildman–Crippen LogP) is 2.01. The third-order valence-corrected chi connectivity index (χ3v) is 5.61. The molecule has 0 fully saturated rings. The molecule has 0 aliphatic carbocycles. The fourth-order valence-corrected chi connectivity index (χ4v) is 3.93. The van der Waals surface area contributed by atoms with Crippen LogP contribution in [0.4, 0.5) is 11.4 Å². The number of hydrogen-bond acceptors (Lipinski definition) is 7. The van der Waals surface area contributed by atoms with E-state index in [1.165, 1.54) is 4.90 Å². The van der Waals surface area contributed by atoms with Crippen molar-refractivity contribution in [1.29, 1.82) is 0 Å². The van der Waals surface area contributed by atoms with Crippen molar-refractivity contribution in [1.82, 2.24) is 9.88 Å². The molecule has 2 aromatic carbocycles. The zero-order chi connectivity index (χ0) is 24.4. The third kappa shape index (κ3) is 4.54. The number of amides is 3. The lowest BCUT2D eigenvalue weighted by Gasteiger charge is -2.25. The van der Waals surface area contributed by atoms with Crippen LogP contribution in [0.3, 0.4) is 0 Å². The van der Waals surface area contributed by atoms with Gasteiger partial charge in [0.15, 0.2) is 11.5 Å². The number of carbonyl (C=O) groups excluding carboxylic acids is 4. The van der Waals surface area contributed by atoms with Crippen LogP contribution in [0.15, 0.2) is 67.0 Å². The number of aromatic nitrogens is 1. The van der Waals surface area contributed by atoms with Crippen molar-refractivity contribution in [2.45, 2.75) is 6.54 Å². The largest absolute Gasteiger partial charge is 0.454 e. The van der Waals surface area contributed by atoms with Crippen LogP contribution in [0.1, 0.15) is 15.9 Å². The van der Waals surface area contributed by atoms with E-state index >= 15 is 0 Å². The van der Waals surface area contributed by atoms with Crippen molar-refractivity contribution in [2.75, 3.05) is 30.1 Å². The Morgan fingerprint density at radius 1 is 1.03 bits per heavy atom. The van der Waals surface area contributed by atoms with Gasteiger partial charge in [-0.15, -0.1) is 0 Å². The molecule has 3 aromatic rings. The van der Waals surface area contributed by atoms with Gasteiger partial charge in [0.25, 0.3) is 11.7 Å². The maximum absolute atomic E-state index is 13.3. The zero-order valence-electron chi connectivity index (χ0n) is 18.5. The molecule has 10 heteroatoms.